The van der Waals surface area contributed by atoms with Crippen molar-refractivity contribution in [1.82, 2.24) is 5.32 Å². The van der Waals surface area contributed by atoms with Crippen LogP contribution in [-0.4, -0.2) is 25.0 Å². The SMILES string of the molecule is CCOc1ccc(C(C)(C)CNCO)cc1F. The minimum atomic E-state index is -0.346. The first-order valence-electron chi connectivity index (χ1n) is 5.75. The van der Waals surface area contributed by atoms with Crippen molar-refractivity contribution < 1.29 is 14.2 Å². The minimum absolute atomic E-state index is 0.0804. The zero-order chi connectivity index (χ0) is 12.9. The van der Waals surface area contributed by atoms with E-state index < -0.39 is 0 Å². The van der Waals surface area contributed by atoms with Gasteiger partial charge in [0.1, 0.15) is 0 Å². The van der Waals surface area contributed by atoms with Gasteiger partial charge in [0, 0.05) is 12.0 Å². The van der Waals surface area contributed by atoms with Crippen molar-refractivity contribution >= 4 is 0 Å². The molecule has 3 nitrogen and oxygen atoms in total. The van der Waals surface area contributed by atoms with E-state index in [1.165, 1.54) is 6.07 Å². The van der Waals surface area contributed by atoms with Crippen LogP contribution in [0.4, 0.5) is 4.39 Å². The smallest absolute Gasteiger partial charge is 0.165 e. The zero-order valence-electron chi connectivity index (χ0n) is 10.6. The molecule has 4 heteroatoms. The monoisotopic (exact) mass is 241 g/mol. The third-order valence-corrected chi connectivity index (χ3v) is 2.69. The molecule has 1 aromatic carbocycles. The summed E-state index contributed by atoms with van der Waals surface area (Å²) in [6.07, 6.45) is 0. The average molecular weight is 241 g/mol. The minimum Gasteiger partial charge on any atom is -0.491 e. The van der Waals surface area contributed by atoms with Crippen molar-refractivity contribution in [1.29, 1.82) is 0 Å². The van der Waals surface area contributed by atoms with Crippen molar-refractivity contribution in [2.45, 2.75) is 26.2 Å². The molecular formula is C13H20FNO2. The predicted molar refractivity (Wildman–Crippen MR) is 65.7 cm³/mol. The molecule has 0 saturated carbocycles. The molecule has 0 saturated heterocycles. The summed E-state index contributed by atoms with van der Waals surface area (Å²) < 4.78 is 18.8. The highest BCUT2D eigenvalue weighted by atomic mass is 19.1. The van der Waals surface area contributed by atoms with Crippen molar-refractivity contribution in [3.63, 3.8) is 0 Å². The van der Waals surface area contributed by atoms with Gasteiger partial charge in [0.25, 0.3) is 0 Å². The standard InChI is InChI=1S/C13H20FNO2/c1-4-17-12-6-5-10(7-11(12)14)13(2,3)8-15-9-16/h5-7,15-16H,4,8-9H2,1-3H3. The van der Waals surface area contributed by atoms with Crippen LogP contribution in [0.1, 0.15) is 26.3 Å². The number of benzene rings is 1. The molecule has 1 aromatic rings. The molecular weight excluding hydrogens is 221 g/mol. The fourth-order valence-corrected chi connectivity index (χ4v) is 1.66. The summed E-state index contributed by atoms with van der Waals surface area (Å²) in [5, 5.41) is 11.6. The Morgan fingerprint density at radius 3 is 2.65 bits per heavy atom. The quantitative estimate of drug-likeness (QED) is 0.749. The highest BCUT2D eigenvalue weighted by Crippen LogP contribution is 2.27. The van der Waals surface area contributed by atoms with E-state index in [2.05, 4.69) is 5.32 Å². The number of halogens is 1. The van der Waals surface area contributed by atoms with E-state index in [1.807, 2.05) is 26.8 Å². The van der Waals surface area contributed by atoms with Crippen LogP contribution in [0.2, 0.25) is 0 Å². The fraction of sp³-hybridized carbons (Fsp3) is 0.538. The van der Waals surface area contributed by atoms with Crippen molar-refractivity contribution in [2.75, 3.05) is 19.9 Å². The van der Waals surface area contributed by atoms with Gasteiger partial charge in [-0.05, 0) is 24.6 Å². The van der Waals surface area contributed by atoms with Crippen LogP contribution in [0.3, 0.4) is 0 Å². The molecule has 0 radical (unpaired) electrons. The molecule has 0 unspecified atom stereocenters. The molecule has 17 heavy (non-hydrogen) atoms. The van der Waals surface area contributed by atoms with E-state index in [-0.39, 0.29) is 23.7 Å². The van der Waals surface area contributed by atoms with Gasteiger partial charge in [-0.2, -0.15) is 0 Å². The van der Waals surface area contributed by atoms with Gasteiger partial charge in [-0.3, -0.25) is 5.32 Å². The van der Waals surface area contributed by atoms with Crippen LogP contribution >= 0.6 is 0 Å². The lowest BCUT2D eigenvalue weighted by Crippen LogP contribution is -2.33. The summed E-state index contributed by atoms with van der Waals surface area (Å²) in [7, 11) is 0. The molecule has 0 aromatic heterocycles. The van der Waals surface area contributed by atoms with Crippen LogP contribution in [0.5, 0.6) is 5.75 Å². The summed E-state index contributed by atoms with van der Waals surface area (Å²) >= 11 is 0. The number of ether oxygens (including phenoxy) is 1. The van der Waals surface area contributed by atoms with Gasteiger partial charge < -0.3 is 9.84 Å². The van der Waals surface area contributed by atoms with Crippen LogP contribution < -0.4 is 10.1 Å². The topological polar surface area (TPSA) is 41.5 Å². The molecule has 0 aliphatic rings. The number of aliphatic hydroxyl groups is 1. The molecule has 0 aliphatic carbocycles. The average Bonchev–Trinajstić information content (AvgIpc) is 2.29. The summed E-state index contributed by atoms with van der Waals surface area (Å²) in [6, 6.07) is 4.99. The lowest BCUT2D eigenvalue weighted by atomic mass is 9.84. The van der Waals surface area contributed by atoms with E-state index in [9.17, 15) is 4.39 Å². The number of hydrogen-bond donors (Lipinski definition) is 2. The maximum absolute atomic E-state index is 13.7. The van der Waals surface area contributed by atoms with Crippen molar-refractivity contribution in [3.8, 4) is 5.75 Å². The van der Waals surface area contributed by atoms with Gasteiger partial charge in [-0.25, -0.2) is 4.39 Å². The highest BCUT2D eigenvalue weighted by molar-refractivity contribution is 5.33. The Hall–Kier alpha value is -1.13. The first-order chi connectivity index (χ1) is 8.01. The number of rotatable bonds is 6. The molecule has 0 bridgehead atoms. The van der Waals surface area contributed by atoms with E-state index >= 15 is 0 Å². The third-order valence-electron chi connectivity index (χ3n) is 2.69. The van der Waals surface area contributed by atoms with Crippen molar-refractivity contribution in [3.05, 3.63) is 29.6 Å². The summed E-state index contributed by atoms with van der Waals surface area (Å²) in [5.41, 5.74) is 0.633. The first kappa shape index (κ1) is 13.9. The first-order valence-corrected chi connectivity index (χ1v) is 5.75. The van der Waals surface area contributed by atoms with Gasteiger partial charge in [0.05, 0.1) is 13.3 Å². The number of nitrogens with one attached hydrogen (secondary N) is 1. The van der Waals surface area contributed by atoms with Crippen LogP contribution in [-0.2, 0) is 5.41 Å². The summed E-state index contributed by atoms with van der Waals surface area (Å²) in [4.78, 5) is 0. The second-order valence-electron chi connectivity index (χ2n) is 4.55. The van der Waals surface area contributed by atoms with E-state index in [1.54, 1.807) is 6.07 Å². The molecule has 96 valence electrons. The molecule has 1 rings (SSSR count). The largest absolute Gasteiger partial charge is 0.491 e. The van der Waals surface area contributed by atoms with Gasteiger partial charge in [-0.1, -0.05) is 19.9 Å². The van der Waals surface area contributed by atoms with E-state index in [4.69, 9.17) is 9.84 Å². The van der Waals surface area contributed by atoms with Crippen LogP contribution in [0.25, 0.3) is 0 Å². The lowest BCUT2D eigenvalue weighted by Gasteiger charge is -2.25. The Bertz CT molecular complexity index is 366. The summed E-state index contributed by atoms with van der Waals surface area (Å²) in [6.45, 7) is 6.75. The second-order valence-corrected chi connectivity index (χ2v) is 4.55. The Morgan fingerprint density at radius 1 is 1.41 bits per heavy atom. The Labute approximate surface area is 102 Å². The van der Waals surface area contributed by atoms with Crippen LogP contribution in [0, 0.1) is 5.82 Å². The van der Waals surface area contributed by atoms with E-state index in [0.717, 1.165) is 5.56 Å². The Morgan fingerprint density at radius 2 is 2.12 bits per heavy atom. The Balaban J connectivity index is 2.88. The molecule has 0 amide bonds. The van der Waals surface area contributed by atoms with E-state index in [0.29, 0.717) is 13.2 Å². The summed E-state index contributed by atoms with van der Waals surface area (Å²) in [5.74, 6) is -0.0661. The maximum Gasteiger partial charge on any atom is 0.165 e. The molecule has 0 atom stereocenters. The molecule has 2 N–H and O–H groups in total. The highest BCUT2D eigenvalue weighted by Gasteiger charge is 2.21. The normalized spacial score (nSPS) is 11.6. The third kappa shape index (κ3) is 3.68. The van der Waals surface area contributed by atoms with Crippen molar-refractivity contribution in [2.24, 2.45) is 0 Å². The molecule has 0 aliphatic heterocycles. The fourth-order valence-electron chi connectivity index (χ4n) is 1.66. The molecule has 0 spiro atoms. The second kappa shape index (κ2) is 5.98. The Kier molecular flexibility index (Phi) is 4.90. The molecule has 0 fully saturated rings. The number of hydrogen-bond acceptors (Lipinski definition) is 3. The van der Waals surface area contributed by atoms with Crippen LogP contribution in [0.15, 0.2) is 18.2 Å². The maximum atomic E-state index is 13.7. The zero-order valence-corrected chi connectivity index (χ0v) is 10.6. The van der Waals surface area contributed by atoms with Gasteiger partial charge >= 0.3 is 0 Å². The van der Waals surface area contributed by atoms with Gasteiger partial charge in [0.2, 0.25) is 0 Å². The number of aliphatic hydroxyl groups excluding tert-OH is 1. The lowest BCUT2D eigenvalue weighted by molar-refractivity contribution is 0.247. The van der Waals surface area contributed by atoms with Gasteiger partial charge in [0.15, 0.2) is 11.6 Å². The molecule has 0 heterocycles. The van der Waals surface area contributed by atoms with Gasteiger partial charge in [-0.15, -0.1) is 0 Å². The predicted octanol–water partition coefficient (Wildman–Crippen LogP) is 2.04.